The van der Waals surface area contributed by atoms with Crippen LogP contribution in [0.3, 0.4) is 0 Å². The zero-order valence-electron chi connectivity index (χ0n) is 14.2. The molecule has 2 rings (SSSR count). The Hall–Kier alpha value is -3.68. The van der Waals surface area contributed by atoms with Crippen molar-refractivity contribution in [2.45, 2.75) is 6.92 Å². The molecular formula is C18H17N3O5. The minimum Gasteiger partial charge on any atom is -0.497 e. The molecular weight excluding hydrogens is 338 g/mol. The zero-order valence-corrected chi connectivity index (χ0v) is 14.2. The van der Waals surface area contributed by atoms with E-state index >= 15 is 0 Å². The van der Waals surface area contributed by atoms with Gasteiger partial charge in [0, 0.05) is 25.1 Å². The van der Waals surface area contributed by atoms with Crippen molar-refractivity contribution < 1.29 is 19.2 Å². The van der Waals surface area contributed by atoms with Crippen molar-refractivity contribution in [2.75, 3.05) is 17.7 Å². The van der Waals surface area contributed by atoms with Crippen LogP contribution in [0, 0.1) is 10.1 Å². The highest BCUT2D eigenvalue weighted by atomic mass is 16.6. The number of nitrogens with one attached hydrogen (secondary N) is 2. The third-order valence-electron chi connectivity index (χ3n) is 3.34. The Labute approximate surface area is 149 Å². The van der Waals surface area contributed by atoms with Gasteiger partial charge in [-0.3, -0.25) is 19.7 Å². The van der Waals surface area contributed by atoms with Crippen LogP contribution in [0.2, 0.25) is 0 Å². The maximum absolute atomic E-state index is 12.2. The summed E-state index contributed by atoms with van der Waals surface area (Å²) in [5.41, 5.74) is 0.958. The highest BCUT2D eigenvalue weighted by molar-refractivity contribution is 6.05. The first-order valence-corrected chi connectivity index (χ1v) is 7.59. The fraction of sp³-hybridized carbons (Fsp3) is 0.111. The molecule has 0 aromatic heterocycles. The molecule has 0 heterocycles. The molecule has 2 N–H and O–H groups in total. The number of carbonyl (C=O) groups excluding carboxylic acids is 2. The zero-order chi connectivity index (χ0) is 19.1. The summed E-state index contributed by atoms with van der Waals surface area (Å²) < 4.78 is 5.11. The van der Waals surface area contributed by atoms with E-state index in [1.807, 2.05) is 0 Å². The van der Waals surface area contributed by atoms with Crippen LogP contribution >= 0.6 is 0 Å². The molecule has 0 atom stereocenters. The third-order valence-corrected chi connectivity index (χ3v) is 3.34. The van der Waals surface area contributed by atoms with Gasteiger partial charge in [0.15, 0.2) is 0 Å². The van der Waals surface area contributed by atoms with Crippen LogP contribution in [-0.2, 0) is 9.59 Å². The van der Waals surface area contributed by atoms with E-state index in [4.69, 9.17) is 4.74 Å². The topological polar surface area (TPSA) is 111 Å². The summed E-state index contributed by atoms with van der Waals surface area (Å²) in [7, 11) is 1.48. The maximum atomic E-state index is 12.2. The first-order chi connectivity index (χ1) is 12.4. The quantitative estimate of drug-likeness (QED) is 0.469. The number of benzene rings is 2. The smallest absolute Gasteiger partial charge is 0.276 e. The van der Waals surface area contributed by atoms with Crippen molar-refractivity contribution in [1.82, 2.24) is 0 Å². The van der Waals surface area contributed by atoms with Gasteiger partial charge >= 0.3 is 0 Å². The SMILES string of the molecule is COc1ccc(NC(C)=O)c(NC(=O)/C=C/c2ccccc2[N+](=O)[O-])c1. The average Bonchev–Trinajstić information content (AvgIpc) is 2.61. The van der Waals surface area contributed by atoms with E-state index in [-0.39, 0.29) is 11.6 Å². The maximum Gasteiger partial charge on any atom is 0.276 e. The van der Waals surface area contributed by atoms with E-state index in [1.54, 1.807) is 30.3 Å². The summed E-state index contributed by atoms with van der Waals surface area (Å²) in [6.07, 6.45) is 2.53. The summed E-state index contributed by atoms with van der Waals surface area (Å²) in [6, 6.07) is 10.9. The molecule has 0 unspecified atom stereocenters. The third kappa shape index (κ3) is 4.91. The molecule has 0 saturated carbocycles. The van der Waals surface area contributed by atoms with E-state index in [9.17, 15) is 19.7 Å². The van der Waals surface area contributed by atoms with Crippen molar-refractivity contribution in [3.8, 4) is 5.75 Å². The van der Waals surface area contributed by atoms with Crippen LogP contribution in [-0.4, -0.2) is 23.8 Å². The van der Waals surface area contributed by atoms with Gasteiger partial charge in [-0.2, -0.15) is 0 Å². The molecule has 0 saturated heterocycles. The predicted octanol–water partition coefficient (Wildman–Crippen LogP) is 3.21. The molecule has 0 aliphatic carbocycles. The number of para-hydroxylation sites is 1. The van der Waals surface area contributed by atoms with E-state index in [0.717, 1.165) is 0 Å². The lowest BCUT2D eigenvalue weighted by molar-refractivity contribution is -0.385. The van der Waals surface area contributed by atoms with Crippen LogP contribution in [0.15, 0.2) is 48.5 Å². The summed E-state index contributed by atoms with van der Waals surface area (Å²) in [5, 5.41) is 16.2. The van der Waals surface area contributed by atoms with E-state index in [1.165, 1.54) is 38.3 Å². The molecule has 0 bridgehead atoms. The Morgan fingerprint density at radius 2 is 1.85 bits per heavy atom. The van der Waals surface area contributed by atoms with Crippen LogP contribution in [0.5, 0.6) is 5.75 Å². The van der Waals surface area contributed by atoms with E-state index in [2.05, 4.69) is 10.6 Å². The van der Waals surface area contributed by atoms with Gasteiger partial charge in [0.05, 0.1) is 29.0 Å². The second kappa shape index (κ2) is 8.43. The molecule has 0 spiro atoms. The molecule has 2 aromatic rings. The Balaban J connectivity index is 2.22. The van der Waals surface area contributed by atoms with E-state index < -0.39 is 10.8 Å². The van der Waals surface area contributed by atoms with Crippen molar-refractivity contribution in [1.29, 1.82) is 0 Å². The van der Waals surface area contributed by atoms with Crippen molar-refractivity contribution in [2.24, 2.45) is 0 Å². The number of anilines is 2. The Kier molecular flexibility index (Phi) is 6.05. The second-order valence-corrected chi connectivity index (χ2v) is 5.23. The first-order valence-electron chi connectivity index (χ1n) is 7.59. The van der Waals surface area contributed by atoms with Crippen LogP contribution in [0.1, 0.15) is 12.5 Å². The molecule has 8 heteroatoms. The lowest BCUT2D eigenvalue weighted by atomic mass is 10.1. The van der Waals surface area contributed by atoms with Crippen LogP contribution < -0.4 is 15.4 Å². The van der Waals surface area contributed by atoms with E-state index in [0.29, 0.717) is 22.7 Å². The van der Waals surface area contributed by atoms with Gasteiger partial charge < -0.3 is 15.4 Å². The molecule has 8 nitrogen and oxygen atoms in total. The number of nitro groups is 1. The normalized spacial score (nSPS) is 10.4. The number of hydrogen-bond acceptors (Lipinski definition) is 5. The summed E-state index contributed by atoms with van der Waals surface area (Å²) in [5.74, 6) is -0.304. The lowest BCUT2D eigenvalue weighted by Crippen LogP contribution is -2.13. The number of rotatable bonds is 6. The largest absolute Gasteiger partial charge is 0.497 e. The predicted molar refractivity (Wildman–Crippen MR) is 98.1 cm³/mol. The average molecular weight is 355 g/mol. The monoisotopic (exact) mass is 355 g/mol. The summed E-state index contributed by atoms with van der Waals surface area (Å²) in [4.78, 5) is 33.9. The Bertz CT molecular complexity index is 877. The fourth-order valence-electron chi connectivity index (χ4n) is 2.19. The second-order valence-electron chi connectivity index (χ2n) is 5.23. The molecule has 2 amide bonds. The highest BCUT2D eigenvalue weighted by Crippen LogP contribution is 2.27. The molecule has 2 aromatic carbocycles. The Morgan fingerprint density at radius 1 is 1.12 bits per heavy atom. The standard InChI is InChI=1S/C18H17N3O5/c1-12(22)19-15-9-8-14(26-2)11-16(15)20-18(23)10-7-13-5-3-4-6-17(13)21(24)25/h3-11H,1-2H3,(H,19,22)(H,20,23)/b10-7+. The molecule has 0 fully saturated rings. The summed E-state index contributed by atoms with van der Waals surface area (Å²) >= 11 is 0. The van der Waals surface area contributed by atoms with Crippen LogP contribution in [0.25, 0.3) is 6.08 Å². The van der Waals surface area contributed by atoms with Gasteiger partial charge in [-0.25, -0.2) is 0 Å². The molecule has 0 radical (unpaired) electrons. The summed E-state index contributed by atoms with van der Waals surface area (Å²) in [6.45, 7) is 1.35. The van der Waals surface area contributed by atoms with Crippen LogP contribution in [0.4, 0.5) is 17.1 Å². The van der Waals surface area contributed by atoms with Gasteiger partial charge in [0.1, 0.15) is 5.75 Å². The molecule has 134 valence electrons. The highest BCUT2D eigenvalue weighted by Gasteiger charge is 2.11. The van der Waals surface area contributed by atoms with Crippen molar-refractivity contribution in [3.63, 3.8) is 0 Å². The van der Waals surface area contributed by atoms with Gasteiger partial charge in [0.2, 0.25) is 11.8 Å². The van der Waals surface area contributed by atoms with Gasteiger partial charge in [-0.15, -0.1) is 0 Å². The van der Waals surface area contributed by atoms with Crippen molar-refractivity contribution >= 4 is 35.0 Å². The number of amides is 2. The number of nitrogens with zero attached hydrogens (tertiary/aromatic N) is 1. The van der Waals surface area contributed by atoms with Gasteiger partial charge in [0.25, 0.3) is 5.69 Å². The number of nitro benzene ring substituents is 1. The van der Waals surface area contributed by atoms with Gasteiger partial charge in [-0.1, -0.05) is 12.1 Å². The van der Waals surface area contributed by atoms with Crippen molar-refractivity contribution in [3.05, 3.63) is 64.2 Å². The minimum atomic E-state index is -0.519. The number of hydrogen-bond donors (Lipinski definition) is 2. The molecule has 26 heavy (non-hydrogen) atoms. The first kappa shape index (κ1) is 18.7. The van der Waals surface area contributed by atoms with Gasteiger partial charge in [-0.05, 0) is 24.3 Å². The number of ether oxygens (including phenoxy) is 1. The number of carbonyl (C=O) groups is 2. The Morgan fingerprint density at radius 3 is 2.50 bits per heavy atom. The minimum absolute atomic E-state index is 0.100. The number of methoxy groups -OCH3 is 1. The molecule has 0 aliphatic heterocycles. The molecule has 0 aliphatic rings. The fourth-order valence-corrected chi connectivity index (χ4v) is 2.19. The lowest BCUT2D eigenvalue weighted by Gasteiger charge is -2.12.